The highest BCUT2D eigenvalue weighted by Crippen LogP contribution is 2.22. The maximum Gasteiger partial charge on any atom is 0.332 e. The number of likely N-dealkylation sites (N-methyl/N-ethyl adjacent to an activating group) is 1. The van der Waals surface area contributed by atoms with Crippen LogP contribution in [0.1, 0.15) is 12.5 Å². The third kappa shape index (κ3) is 3.03. The van der Waals surface area contributed by atoms with Crippen LogP contribution in [0.3, 0.4) is 0 Å². The minimum absolute atomic E-state index is 0.306. The number of hydrogen-bond acceptors (Lipinski definition) is 5. The summed E-state index contributed by atoms with van der Waals surface area (Å²) in [6.45, 7) is 7.35. The Labute approximate surface area is 163 Å². The van der Waals surface area contributed by atoms with E-state index >= 15 is 0 Å². The lowest BCUT2D eigenvalue weighted by Crippen LogP contribution is -2.47. The number of nitrogens with zero attached hydrogens (tertiary/aromatic N) is 6. The molecule has 28 heavy (non-hydrogen) atoms. The van der Waals surface area contributed by atoms with Crippen LogP contribution < -0.4 is 16.1 Å². The van der Waals surface area contributed by atoms with E-state index in [0.29, 0.717) is 17.7 Å². The standard InChI is InChI=1S/C20H26N6O2/c1-4-24-10-12-25(13-11-24)19-21-17-16(18(27)23(3)20(28)22(17)2)26(19)14-15-8-6-5-7-9-15/h5-9H,4,10-14H2,1-3H3. The van der Waals surface area contributed by atoms with Crippen LogP contribution in [-0.4, -0.2) is 56.3 Å². The van der Waals surface area contributed by atoms with E-state index in [4.69, 9.17) is 4.98 Å². The Hall–Kier alpha value is -2.87. The Morgan fingerprint density at radius 1 is 0.964 bits per heavy atom. The summed E-state index contributed by atoms with van der Waals surface area (Å²) in [6, 6.07) is 10.0. The van der Waals surface area contributed by atoms with Crippen molar-refractivity contribution in [2.75, 3.05) is 37.6 Å². The third-order valence-electron chi connectivity index (χ3n) is 5.61. The summed E-state index contributed by atoms with van der Waals surface area (Å²) in [5.74, 6) is 0.757. The predicted octanol–water partition coefficient (Wildman–Crippen LogP) is 0.624. The van der Waals surface area contributed by atoms with E-state index in [0.717, 1.165) is 48.8 Å². The van der Waals surface area contributed by atoms with Crippen molar-refractivity contribution in [3.8, 4) is 0 Å². The Kier molecular flexibility index (Phi) is 4.80. The minimum atomic E-state index is -0.357. The quantitative estimate of drug-likeness (QED) is 0.662. The summed E-state index contributed by atoms with van der Waals surface area (Å²) in [6.07, 6.45) is 0. The second kappa shape index (κ2) is 7.27. The molecule has 3 heterocycles. The summed E-state index contributed by atoms with van der Waals surface area (Å²) in [7, 11) is 3.19. The molecular weight excluding hydrogens is 356 g/mol. The maximum atomic E-state index is 13.0. The zero-order chi connectivity index (χ0) is 19.8. The number of benzene rings is 1. The van der Waals surface area contributed by atoms with Crippen LogP contribution in [0.15, 0.2) is 39.9 Å². The Morgan fingerprint density at radius 3 is 2.29 bits per heavy atom. The van der Waals surface area contributed by atoms with Crippen molar-refractivity contribution in [3.63, 3.8) is 0 Å². The monoisotopic (exact) mass is 382 g/mol. The summed E-state index contributed by atoms with van der Waals surface area (Å²) in [5, 5.41) is 0. The van der Waals surface area contributed by atoms with Gasteiger partial charge in [0, 0.05) is 40.3 Å². The van der Waals surface area contributed by atoms with Crippen molar-refractivity contribution in [1.82, 2.24) is 23.6 Å². The van der Waals surface area contributed by atoms with Gasteiger partial charge in [0.05, 0.1) is 6.54 Å². The average molecular weight is 382 g/mol. The van der Waals surface area contributed by atoms with Gasteiger partial charge in [0.15, 0.2) is 11.2 Å². The number of anilines is 1. The molecule has 0 saturated carbocycles. The lowest BCUT2D eigenvalue weighted by molar-refractivity contribution is 0.269. The van der Waals surface area contributed by atoms with E-state index in [1.807, 2.05) is 34.9 Å². The van der Waals surface area contributed by atoms with Gasteiger partial charge in [-0.25, -0.2) is 4.79 Å². The molecule has 1 aliphatic rings. The largest absolute Gasteiger partial charge is 0.340 e. The molecule has 0 unspecified atom stereocenters. The van der Waals surface area contributed by atoms with Gasteiger partial charge in [-0.1, -0.05) is 37.3 Å². The molecule has 148 valence electrons. The highest BCUT2D eigenvalue weighted by molar-refractivity contribution is 5.74. The zero-order valence-corrected chi connectivity index (χ0v) is 16.6. The fraction of sp³-hybridized carbons (Fsp3) is 0.450. The SMILES string of the molecule is CCN1CCN(c2nc3c(c(=O)n(C)c(=O)n3C)n2Cc2ccccc2)CC1. The molecule has 0 amide bonds. The second-order valence-electron chi connectivity index (χ2n) is 7.28. The summed E-state index contributed by atoms with van der Waals surface area (Å²) < 4.78 is 4.59. The van der Waals surface area contributed by atoms with Gasteiger partial charge in [0.2, 0.25) is 5.95 Å². The van der Waals surface area contributed by atoms with Gasteiger partial charge in [0.25, 0.3) is 5.56 Å². The topological polar surface area (TPSA) is 68.3 Å². The van der Waals surface area contributed by atoms with Crippen LogP contribution in [0, 0.1) is 0 Å². The van der Waals surface area contributed by atoms with Crippen molar-refractivity contribution in [2.45, 2.75) is 13.5 Å². The first-order valence-corrected chi connectivity index (χ1v) is 9.68. The van der Waals surface area contributed by atoms with Crippen molar-refractivity contribution < 1.29 is 0 Å². The van der Waals surface area contributed by atoms with Crippen LogP contribution in [0.25, 0.3) is 11.2 Å². The molecule has 0 bridgehead atoms. The number of imidazole rings is 1. The van der Waals surface area contributed by atoms with Gasteiger partial charge in [-0.05, 0) is 12.1 Å². The first kappa shape index (κ1) is 18.5. The first-order valence-electron chi connectivity index (χ1n) is 9.68. The van der Waals surface area contributed by atoms with E-state index in [9.17, 15) is 9.59 Å². The summed E-state index contributed by atoms with van der Waals surface area (Å²) in [4.78, 5) is 34.8. The molecule has 8 nitrogen and oxygen atoms in total. The fourth-order valence-electron chi connectivity index (χ4n) is 3.86. The molecule has 1 aliphatic heterocycles. The first-order chi connectivity index (χ1) is 13.5. The zero-order valence-electron chi connectivity index (χ0n) is 16.6. The molecule has 1 saturated heterocycles. The lowest BCUT2D eigenvalue weighted by atomic mass is 10.2. The normalized spacial score (nSPS) is 15.5. The van der Waals surface area contributed by atoms with Crippen molar-refractivity contribution in [2.24, 2.45) is 14.1 Å². The molecule has 8 heteroatoms. The van der Waals surface area contributed by atoms with Crippen molar-refractivity contribution in [1.29, 1.82) is 0 Å². The van der Waals surface area contributed by atoms with E-state index < -0.39 is 0 Å². The van der Waals surface area contributed by atoms with Crippen molar-refractivity contribution in [3.05, 3.63) is 56.7 Å². The van der Waals surface area contributed by atoms with Crippen molar-refractivity contribution >= 4 is 17.1 Å². The summed E-state index contributed by atoms with van der Waals surface area (Å²) in [5.41, 5.74) is 1.34. The van der Waals surface area contributed by atoms with Crippen LogP contribution in [0.4, 0.5) is 5.95 Å². The number of piperazine rings is 1. The highest BCUT2D eigenvalue weighted by atomic mass is 16.2. The number of hydrogen-bond donors (Lipinski definition) is 0. The summed E-state index contributed by atoms with van der Waals surface area (Å²) >= 11 is 0. The lowest BCUT2D eigenvalue weighted by Gasteiger charge is -2.34. The van der Waals surface area contributed by atoms with Gasteiger partial charge in [-0.15, -0.1) is 0 Å². The molecular formula is C20H26N6O2. The van der Waals surface area contributed by atoms with Gasteiger partial charge in [-0.2, -0.15) is 4.98 Å². The molecule has 1 aromatic carbocycles. The van der Waals surface area contributed by atoms with Gasteiger partial charge in [-0.3, -0.25) is 18.5 Å². The molecule has 4 rings (SSSR count). The molecule has 0 atom stereocenters. The van der Waals surface area contributed by atoms with Gasteiger partial charge < -0.3 is 9.80 Å². The highest BCUT2D eigenvalue weighted by Gasteiger charge is 2.25. The Bertz CT molecular complexity index is 1100. The fourth-order valence-corrected chi connectivity index (χ4v) is 3.86. The van der Waals surface area contributed by atoms with Crippen LogP contribution >= 0.6 is 0 Å². The molecule has 1 fully saturated rings. The van der Waals surface area contributed by atoms with Crippen LogP contribution in [0.2, 0.25) is 0 Å². The van der Waals surface area contributed by atoms with E-state index in [2.05, 4.69) is 16.7 Å². The minimum Gasteiger partial charge on any atom is -0.340 e. The second-order valence-corrected chi connectivity index (χ2v) is 7.28. The maximum absolute atomic E-state index is 13.0. The number of aryl methyl sites for hydroxylation is 1. The molecule has 3 aromatic rings. The number of fused-ring (bicyclic) bond motifs is 1. The Morgan fingerprint density at radius 2 is 1.64 bits per heavy atom. The smallest absolute Gasteiger partial charge is 0.332 e. The molecule has 0 N–H and O–H groups in total. The molecule has 0 radical (unpaired) electrons. The molecule has 0 spiro atoms. The molecule has 0 aliphatic carbocycles. The van der Waals surface area contributed by atoms with Crippen LogP contribution in [-0.2, 0) is 20.6 Å². The molecule has 2 aromatic heterocycles. The predicted molar refractivity (Wildman–Crippen MR) is 110 cm³/mol. The Balaban J connectivity index is 1.89. The van der Waals surface area contributed by atoms with E-state index in [-0.39, 0.29) is 11.2 Å². The van der Waals surface area contributed by atoms with Gasteiger partial charge >= 0.3 is 5.69 Å². The average Bonchev–Trinajstić information content (AvgIpc) is 3.11. The van der Waals surface area contributed by atoms with Crippen LogP contribution in [0.5, 0.6) is 0 Å². The van der Waals surface area contributed by atoms with E-state index in [1.54, 1.807) is 7.05 Å². The number of aromatic nitrogens is 4. The number of rotatable bonds is 4. The van der Waals surface area contributed by atoms with Gasteiger partial charge in [0.1, 0.15) is 0 Å². The van der Waals surface area contributed by atoms with E-state index in [1.165, 1.54) is 11.6 Å². The third-order valence-corrected chi connectivity index (χ3v) is 5.61.